The van der Waals surface area contributed by atoms with Gasteiger partial charge in [0.1, 0.15) is 23.3 Å². The summed E-state index contributed by atoms with van der Waals surface area (Å²) in [6.07, 6.45) is 3.24. The molecule has 2 saturated carbocycles. The van der Waals surface area contributed by atoms with Crippen LogP contribution in [0, 0.1) is 18.8 Å². The maximum atomic E-state index is 13.6. The Bertz CT molecular complexity index is 1350. The molecule has 0 spiro atoms. The molecule has 2 heterocycles. The Morgan fingerprint density at radius 1 is 1.16 bits per heavy atom. The van der Waals surface area contributed by atoms with Crippen LogP contribution in [0.5, 0.6) is 5.75 Å². The molecule has 3 N–H and O–H groups in total. The van der Waals surface area contributed by atoms with Gasteiger partial charge in [-0.15, -0.1) is 0 Å². The standard InChI is InChI=1S/C28H33F2N5O3/c1-14-10-19(34-16(3)36)7-8-21(14)35-28(37)23-15(2)33-26-24(31-13-32-25(23)26)20-11-18(27(29)30)6-9-22(20)38-12-17-4-5-17/h6,9,11,13-14,17,19,21,27,33H,4-5,7-8,10,12H2,1-3H3,(H,34,36)(H,35,37)/t14-,19-,21-/m0/s1. The minimum Gasteiger partial charge on any atom is -0.493 e. The molecule has 2 aromatic heterocycles. The number of amides is 2. The Kier molecular flexibility index (Phi) is 7.32. The molecule has 5 rings (SSSR count). The summed E-state index contributed by atoms with van der Waals surface area (Å²) in [6, 6.07) is 4.41. The van der Waals surface area contributed by atoms with E-state index in [0.29, 0.717) is 51.8 Å². The molecular weight excluding hydrogens is 492 g/mol. The first kappa shape index (κ1) is 26.1. The zero-order chi connectivity index (χ0) is 27.0. The first-order chi connectivity index (χ1) is 18.2. The first-order valence-electron chi connectivity index (χ1n) is 13.2. The number of nitrogens with zero attached hydrogens (tertiary/aromatic N) is 2. The van der Waals surface area contributed by atoms with Crippen LogP contribution in [0.2, 0.25) is 0 Å². The third-order valence-corrected chi connectivity index (χ3v) is 7.57. The Balaban J connectivity index is 1.44. The summed E-state index contributed by atoms with van der Waals surface area (Å²) in [5.74, 6) is 0.851. The van der Waals surface area contributed by atoms with E-state index in [9.17, 15) is 18.4 Å². The number of benzene rings is 1. The van der Waals surface area contributed by atoms with Gasteiger partial charge in [0, 0.05) is 35.8 Å². The molecule has 3 aromatic rings. The SMILES string of the molecule is CC(=O)N[C@H]1CC[C@H](NC(=O)c2c(C)[nH]c3c(-c4cc(C(F)F)ccc4OCC4CC4)ncnc23)[C@@H](C)C1. The number of halogens is 2. The van der Waals surface area contributed by atoms with Gasteiger partial charge in [-0.05, 0) is 69.1 Å². The summed E-state index contributed by atoms with van der Waals surface area (Å²) in [5, 5.41) is 6.13. The van der Waals surface area contributed by atoms with Crippen LogP contribution in [0.15, 0.2) is 24.5 Å². The fraction of sp³-hybridized carbons (Fsp3) is 0.500. The zero-order valence-electron chi connectivity index (χ0n) is 21.8. The molecule has 8 nitrogen and oxygen atoms in total. The largest absolute Gasteiger partial charge is 0.493 e. The van der Waals surface area contributed by atoms with Crippen LogP contribution < -0.4 is 15.4 Å². The van der Waals surface area contributed by atoms with E-state index in [1.807, 2.05) is 0 Å². The quantitative estimate of drug-likeness (QED) is 0.380. The summed E-state index contributed by atoms with van der Waals surface area (Å²) in [7, 11) is 0. The molecule has 38 heavy (non-hydrogen) atoms. The summed E-state index contributed by atoms with van der Waals surface area (Å²) >= 11 is 0. The number of ether oxygens (including phenoxy) is 1. The first-order valence-corrected chi connectivity index (χ1v) is 13.2. The van der Waals surface area contributed by atoms with E-state index in [-0.39, 0.29) is 35.4 Å². The predicted octanol–water partition coefficient (Wildman–Crippen LogP) is 5.08. The predicted molar refractivity (Wildman–Crippen MR) is 139 cm³/mol. The van der Waals surface area contributed by atoms with E-state index in [1.165, 1.54) is 25.4 Å². The van der Waals surface area contributed by atoms with Crippen LogP contribution >= 0.6 is 0 Å². The molecule has 0 unspecified atom stereocenters. The van der Waals surface area contributed by atoms with Crippen LogP contribution in [0.25, 0.3) is 22.3 Å². The minimum atomic E-state index is -2.64. The number of fused-ring (bicyclic) bond motifs is 1. The fourth-order valence-electron chi connectivity index (χ4n) is 5.36. The molecule has 2 aliphatic carbocycles. The molecule has 2 aliphatic rings. The smallest absolute Gasteiger partial charge is 0.263 e. The highest BCUT2D eigenvalue weighted by Gasteiger charge is 2.31. The molecule has 0 saturated heterocycles. The molecule has 3 atom stereocenters. The van der Waals surface area contributed by atoms with Crippen molar-refractivity contribution in [2.75, 3.05) is 6.61 Å². The summed E-state index contributed by atoms with van der Waals surface area (Å²) in [5.41, 5.74) is 2.68. The van der Waals surface area contributed by atoms with Crippen molar-refractivity contribution in [3.05, 3.63) is 41.3 Å². The lowest BCUT2D eigenvalue weighted by Crippen LogP contribution is -2.47. The van der Waals surface area contributed by atoms with Crippen molar-refractivity contribution in [1.82, 2.24) is 25.6 Å². The molecule has 1 aromatic carbocycles. The Morgan fingerprint density at radius 3 is 2.63 bits per heavy atom. The van der Waals surface area contributed by atoms with Gasteiger partial charge in [0.25, 0.3) is 12.3 Å². The van der Waals surface area contributed by atoms with E-state index in [1.54, 1.807) is 13.0 Å². The number of aromatic nitrogens is 3. The topological polar surface area (TPSA) is 109 Å². The van der Waals surface area contributed by atoms with Crippen molar-refractivity contribution < 1.29 is 23.1 Å². The van der Waals surface area contributed by atoms with Gasteiger partial charge in [-0.1, -0.05) is 6.92 Å². The van der Waals surface area contributed by atoms with E-state index in [2.05, 4.69) is 32.5 Å². The lowest BCUT2D eigenvalue weighted by atomic mass is 9.82. The molecule has 0 bridgehead atoms. The van der Waals surface area contributed by atoms with E-state index >= 15 is 0 Å². The molecule has 0 aliphatic heterocycles. The normalized spacial score (nSPS) is 21.5. The number of carbonyl (C=O) groups excluding carboxylic acids is 2. The number of hydrogen-bond donors (Lipinski definition) is 3. The second-order valence-electron chi connectivity index (χ2n) is 10.6. The second kappa shape index (κ2) is 10.7. The number of alkyl halides is 2. The molecule has 10 heteroatoms. The van der Waals surface area contributed by atoms with Crippen LogP contribution in [0.3, 0.4) is 0 Å². The highest BCUT2D eigenvalue weighted by molar-refractivity contribution is 6.09. The average Bonchev–Trinajstić information content (AvgIpc) is 3.63. The highest BCUT2D eigenvalue weighted by Crippen LogP contribution is 2.38. The van der Waals surface area contributed by atoms with Crippen molar-refractivity contribution >= 4 is 22.8 Å². The van der Waals surface area contributed by atoms with Gasteiger partial charge < -0.3 is 20.4 Å². The van der Waals surface area contributed by atoms with Gasteiger partial charge in [-0.3, -0.25) is 9.59 Å². The summed E-state index contributed by atoms with van der Waals surface area (Å²) in [4.78, 5) is 36.9. The van der Waals surface area contributed by atoms with E-state index < -0.39 is 6.43 Å². The fourth-order valence-corrected chi connectivity index (χ4v) is 5.36. The number of aryl methyl sites for hydroxylation is 1. The number of rotatable bonds is 8. The van der Waals surface area contributed by atoms with Gasteiger partial charge in [-0.25, -0.2) is 18.7 Å². The van der Waals surface area contributed by atoms with E-state index in [0.717, 1.165) is 32.1 Å². The maximum absolute atomic E-state index is 13.6. The minimum absolute atomic E-state index is 0.0386. The number of hydrogen-bond acceptors (Lipinski definition) is 5. The monoisotopic (exact) mass is 525 g/mol. The Labute approximate surface area is 220 Å². The molecule has 0 radical (unpaired) electrons. The van der Waals surface area contributed by atoms with Crippen LogP contribution in [0.1, 0.15) is 74.0 Å². The summed E-state index contributed by atoms with van der Waals surface area (Å²) < 4.78 is 33.2. The number of aromatic amines is 1. The van der Waals surface area contributed by atoms with Gasteiger partial charge >= 0.3 is 0 Å². The molecular formula is C28H33F2N5O3. The average molecular weight is 526 g/mol. The van der Waals surface area contributed by atoms with Crippen molar-refractivity contribution in [1.29, 1.82) is 0 Å². The summed E-state index contributed by atoms with van der Waals surface area (Å²) in [6.45, 7) is 5.90. The maximum Gasteiger partial charge on any atom is 0.263 e. The van der Waals surface area contributed by atoms with Crippen molar-refractivity contribution in [2.45, 2.75) is 71.4 Å². The Hall–Kier alpha value is -3.56. The lowest BCUT2D eigenvalue weighted by molar-refractivity contribution is -0.120. The van der Waals surface area contributed by atoms with Gasteiger partial charge in [0.2, 0.25) is 5.91 Å². The lowest BCUT2D eigenvalue weighted by Gasteiger charge is -2.34. The molecule has 2 amide bonds. The highest BCUT2D eigenvalue weighted by atomic mass is 19.3. The third-order valence-electron chi connectivity index (χ3n) is 7.57. The van der Waals surface area contributed by atoms with Crippen molar-refractivity contribution in [3.8, 4) is 17.0 Å². The van der Waals surface area contributed by atoms with Gasteiger partial charge in [0.05, 0.1) is 17.7 Å². The Morgan fingerprint density at radius 2 is 1.95 bits per heavy atom. The second-order valence-corrected chi connectivity index (χ2v) is 10.6. The van der Waals surface area contributed by atoms with Crippen LogP contribution in [-0.2, 0) is 4.79 Å². The van der Waals surface area contributed by atoms with Crippen LogP contribution in [-0.4, -0.2) is 45.5 Å². The molecule has 2 fully saturated rings. The molecule has 202 valence electrons. The number of carbonyl (C=O) groups is 2. The van der Waals surface area contributed by atoms with Crippen molar-refractivity contribution in [3.63, 3.8) is 0 Å². The number of H-pyrrole nitrogens is 1. The number of nitrogens with one attached hydrogen (secondary N) is 3. The van der Waals surface area contributed by atoms with Gasteiger partial charge in [-0.2, -0.15) is 0 Å². The van der Waals surface area contributed by atoms with Crippen LogP contribution in [0.4, 0.5) is 8.78 Å². The van der Waals surface area contributed by atoms with Crippen molar-refractivity contribution in [2.24, 2.45) is 11.8 Å². The van der Waals surface area contributed by atoms with Gasteiger partial charge in [0.15, 0.2) is 0 Å². The third kappa shape index (κ3) is 5.49. The zero-order valence-corrected chi connectivity index (χ0v) is 21.8. The van der Waals surface area contributed by atoms with E-state index in [4.69, 9.17) is 4.74 Å².